The van der Waals surface area contributed by atoms with Crippen molar-refractivity contribution in [3.8, 4) is 11.5 Å². The Bertz CT molecular complexity index is 523. The molecule has 0 radical (unpaired) electrons. The van der Waals surface area contributed by atoms with E-state index in [4.69, 9.17) is 9.15 Å². The molecule has 1 heterocycles. The minimum atomic E-state index is -0.659. The van der Waals surface area contributed by atoms with Crippen LogP contribution in [-0.2, 0) is 11.3 Å². The molecule has 0 aliphatic carbocycles. The van der Waals surface area contributed by atoms with Crippen LogP contribution in [0.25, 0.3) is 11.5 Å². The topological polar surface area (TPSA) is 47.3 Å². The summed E-state index contributed by atoms with van der Waals surface area (Å²) in [6, 6.07) is 3.16. The Labute approximate surface area is 109 Å². The minimum Gasteiger partial charge on any atom is -0.444 e. The molecular formula is C13H14F2N2O2. The Balaban J connectivity index is 2.03. The highest BCUT2D eigenvalue weighted by Gasteiger charge is 2.09. The van der Waals surface area contributed by atoms with Crippen LogP contribution in [0.3, 0.4) is 0 Å². The summed E-state index contributed by atoms with van der Waals surface area (Å²) in [5.74, 6) is -1.12. The van der Waals surface area contributed by atoms with Gasteiger partial charge in [0.05, 0.1) is 12.3 Å². The van der Waals surface area contributed by atoms with Gasteiger partial charge in [-0.2, -0.15) is 0 Å². The Morgan fingerprint density at radius 1 is 1.26 bits per heavy atom. The molecule has 0 amide bonds. The SMILES string of the molecule is COCCNCc1coc(-c2cc(F)cc(F)c2)n1. The smallest absolute Gasteiger partial charge is 0.226 e. The monoisotopic (exact) mass is 268 g/mol. The van der Waals surface area contributed by atoms with E-state index in [0.717, 1.165) is 6.07 Å². The zero-order valence-corrected chi connectivity index (χ0v) is 10.5. The third-order valence-electron chi connectivity index (χ3n) is 2.45. The fraction of sp³-hybridized carbons (Fsp3) is 0.308. The molecule has 0 bridgehead atoms. The van der Waals surface area contributed by atoms with Crippen molar-refractivity contribution < 1.29 is 17.9 Å². The molecule has 0 unspecified atom stereocenters. The van der Waals surface area contributed by atoms with Gasteiger partial charge in [-0.1, -0.05) is 0 Å². The third kappa shape index (κ3) is 3.84. The summed E-state index contributed by atoms with van der Waals surface area (Å²) in [4.78, 5) is 4.16. The van der Waals surface area contributed by atoms with Crippen molar-refractivity contribution in [1.82, 2.24) is 10.3 Å². The molecular weight excluding hydrogens is 254 g/mol. The molecule has 0 saturated carbocycles. The maximum absolute atomic E-state index is 13.1. The van der Waals surface area contributed by atoms with Gasteiger partial charge in [-0.3, -0.25) is 0 Å². The molecule has 0 aliphatic rings. The number of aromatic nitrogens is 1. The van der Waals surface area contributed by atoms with Crippen LogP contribution in [0.15, 0.2) is 28.9 Å². The number of halogens is 2. The number of nitrogens with zero attached hydrogens (tertiary/aromatic N) is 1. The van der Waals surface area contributed by atoms with Crippen molar-refractivity contribution in [3.63, 3.8) is 0 Å². The van der Waals surface area contributed by atoms with Gasteiger partial charge in [0.15, 0.2) is 0 Å². The van der Waals surface area contributed by atoms with Gasteiger partial charge in [0, 0.05) is 31.8 Å². The van der Waals surface area contributed by atoms with Gasteiger partial charge < -0.3 is 14.5 Å². The average molecular weight is 268 g/mol. The number of benzene rings is 1. The zero-order chi connectivity index (χ0) is 13.7. The number of rotatable bonds is 6. The minimum absolute atomic E-state index is 0.196. The van der Waals surface area contributed by atoms with Crippen molar-refractivity contribution in [3.05, 3.63) is 41.8 Å². The number of methoxy groups -OCH3 is 1. The molecule has 0 spiro atoms. The first-order valence-electron chi connectivity index (χ1n) is 5.79. The van der Waals surface area contributed by atoms with E-state index in [1.54, 1.807) is 7.11 Å². The third-order valence-corrected chi connectivity index (χ3v) is 2.45. The number of hydrogen-bond acceptors (Lipinski definition) is 4. The molecule has 2 rings (SSSR count). The van der Waals surface area contributed by atoms with Gasteiger partial charge in [-0.05, 0) is 12.1 Å². The van der Waals surface area contributed by atoms with Crippen LogP contribution in [0.5, 0.6) is 0 Å². The molecule has 19 heavy (non-hydrogen) atoms. The number of nitrogens with one attached hydrogen (secondary N) is 1. The fourth-order valence-electron chi connectivity index (χ4n) is 1.59. The summed E-state index contributed by atoms with van der Waals surface area (Å²) in [6.07, 6.45) is 1.46. The molecule has 0 saturated heterocycles. The van der Waals surface area contributed by atoms with E-state index in [0.29, 0.717) is 25.4 Å². The molecule has 6 heteroatoms. The Morgan fingerprint density at radius 3 is 2.68 bits per heavy atom. The first-order valence-corrected chi connectivity index (χ1v) is 5.79. The Kier molecular flexibility index (Phi) is 4.59. The van der Waals surface area contributed by atoms with Crippen molar-refractivity contribution in [2.24, 2.45) is 0 Å². The normalized spacial score (nSPS) is 10.9. The predicted octanol–water partition coefficient (Wildman–Crippen LogP) is 2.36. The molecule has 1 N–H and O–H groups in total. The first-order chi connectivity index (χ1) is 9.19. The van der Waals surface area contributed by atoms with Gasteiger partial charge in [-0.15, -0.1) is 0 Å². The van der Waals surface area contributed by atoms with E-state index >= 15 is 0 Å². The van der Waals surface area contributed by atoms with E-state index in [1.165, 1.54) is 18.4 Å². The van der Waals surface area contributed by atoms with Crippen molar-refractivity contribution in [1.29, 1.82) is 0 Å². The lowest BCUT2D eigenvalue weighted by Crippen LogP contribution is -2.18. The fourth-order valence-corrected chi connectivity index (χ4v) is 1.59. The van der Waals surface area contributed by atoms with Gasteiger partial charge in [0.25, 0.3) is 0 Å². The predicted molar refractivity (Wildman–Crippen MR) is 65.4 cm³/mol. The summed E-state index contributed by atoms with van der Waals surface area (Å²) in [5, 5.41) is 3.09. The van der Waals surface area contributed by atoms with Crippen molar-refractivity contribution >= 4 is 0 Å². The lowest BCUT2D eigenvalue weighted by Gasteiger charge is -2.00. The molecule has 1 aromatic carbocycles. The van der Waals surface area contributed by atoms with Crippen LogP contribution in [0.2, 0.25) is 0 Å². The van der Waals surface area contributed by atoms with Gasteiger partial charge in [0.2, 0.25) is 5.89 Å². The molecule has 0 aliphatic heterocycles. The van der Waals surface area contributed by atoms with Crippen molar-refractivity contribution in [2.75, 3.05) is 20.3 Å². The molecule has 4 nitrogen and oxygen atoms in total. The van der Waals surface area contributed by atoms with Crippen LogP contribution < -0.4 is 5.32 Å². The number of hydrogen-bond donors (Lipinski definition) is 1. The lowest BCUT2D eigenvalue weighted by molar-refractivity contribution is 0.199. The molecule has 1 aromatic heterocycles. The maximum Gasteiger partial charge on any atom is 0.226 e. The second-order valence-corrected chi connectivity index (χ2v) is 3.97. The molecule has 2 aromatic rings. The quantitative estimate of drug-likeness (QED) is 0.817. The molecule has 0 fully saturated rings. The molecule has 102 valence electrons. The first kappa shape index (κ1) is 13.6. The van der Waals surface area contributed by atoms with Crippen molar-refractivity contribution in [2.45, 2.75) is 6.54 Å². The maximum atomic E-state index is 13.1. The standard InChI is InChI=1S/C13H14F2N2O2/c1-18-3-2-16-7-12-8-19-13(17-12)9-4-10(14)6-11(15)5-9/h4-6,8,16H,2-3,7H2,1H3. The summed E-state index contributed by atoms with van der Waals surface area (Å²) < 4.78 is 36.2. The second-order valence-electron chi connectivity index (χ2n) is 3.97. The summed E-state index contributed by atoms with van der Waals surface area (Å²) in [5.41, 5.74) is 0.941. The zero-order valence-electron chi connectivity index (χ0n) is 10.5. The summed E-state index contributed by atoms with van der Waals surface area (Å²) in [7, 11) is 1.62. The van der Waals surface area contributed by atoms with E-state index in [9.17, 15) is 8.78 Å². The molecule has 0 atom stereocenters. The van der Waals surface area contributed by atoms with Crippen LogP contribution in [0.4, 0.5) is 8.78 Å². The van der Waals surface area contributed by atoms with Crippen LogP contribution in [-0.4, -0.2) is 25.2 Å². The highest BCUT2D eigenvalue weighted by atomic mass is 19.1. The Hall–Kier alpha value is -1.79. The largest absolute Gasteiger partial charge is 0.444 e. The number of ether oxygens (including phenoxy) is 1. The highest BCUT2D eigenvalue weighted by Crippen LogP contribution is 2.20. The van der Waals surface area contributed by atoms with E-state index in [2.05, 4.69) is 10.3 Å². The van der Waals surface area contributed by atoms with E-state index in [-0.39, 0.29) is 11.5 Å². The highest BCUT2D eigenvalue weighted by molar-refractivity contribution is 5.53. The van der Waals surface area contributed by atoms with Gasteiger partial charge >= 0.3 is 0 Å². The van der Waals surface area contributed by atoms with E-state index < -0.39 is 11.6 Å². The average Bonchev–Trinajstić information content (AvgIpc) is 2.82. The summed E-state index contributed by atoms with van der Waals surface area (Å²) in [6.45, 7) is 1.79. The summed E-state index contributed by atoms with van der Waals surface area (Å²) >= 11 is 0. The van der Waals surface area contributed by atoms with Gasteiger partial charge in [-0.25, -0.2) is 13.8 Å². The number of oxazole rings is 1. The van der Waals surface area contributed by atoms with Gasteiger partial charge in [0.1, 0.15) is 17.9 Å². The van der Waals surface area contributed by atoms with E-state index in [1.807, 2.05) is 0 Å². The second kappa shape index (κ2) is 6.40. The lowest BCUT2D eigenvalue weighted by atomic mass is 10.2. The van der Waals surface area contributed by atoms with Crippen LogP contribution >= 0.6 is 0 Å². The van der Waals surface area contributed by atoms with Crippen LogP contribution in [0.1, 0.15) is 5.69 Å². The van der Waals surface area contributed by atoms with Crippen LogP contribution in [0, 0.1) is 11.6 Å². The Morgan fingerprint density at radius 2 is 2.00 bits per heavy atom.